The van der Waals surface area contributed by atoms with Crippen molar-refractivity contribution >= 4 is 40.0 Å². The molecule has 1 N–H and O–H groups in total. The minimum absolute atomic E-state index is 0.0640. The van der Waals surface area contributed by atoms with E-state index in [1.54, 1.807) is 11.0 Å². The second kappa shape index (κ2) is 7.32. The highest BCUT2D eigenvalue weighted by Gasteiger charge is 2.31. The van der Waals surface area contributed by atoms with Crippen LogP contribution in [0.3, 0.4) is 0 Å². The number of aromatic nitrogens is 1. The van der Waals surface area contributed by atoms with Crippen LogP contribution in [0, 0.1) is 6.92 Å². The van der Waals surface area contributed by atoms with Gasteiger partial charge in [-0.25, -0.2) is 0 Å². The van der Waals surface area contributed by atoms with Gasteiger partial charge in [0.05, 0.1) is 11.2 Å². The average molecular weight is 396 g/mol. The van der Waals surface area contributed by atoms with Crippen LogP contribution in [-0.2, 0) is 18.4 Å². The Morgan fingerprint density at radius 3 is 2.71 bits per heavy atom. The lowest BCUT2D eigenvalue weighted by Gasteiger charge is -2.18. The van der Waals surface area contributed by atoms with Gasteiger partial charge in [-0.05, 0) is 37.1 Å². The fraction of sp³-hybridized carbons (Fsp3) is 0.273. The number of nitrogens with zero attached hydrogens (tertiary/aromatic N) is 2. The molecule has 1 aliphatic rings. The van der Waals surface area contributed by atoms with Gasteiger partial charge < -0.3 is 14.8 Å². The predicted octanol–water partition coefficient (Wildman–Crippen LogP) is 4.20. The first kappa shape index (κ1) is 18.6. The van der Waals surface area contributed by atoms with Crippen LogP contribution >= 0.6 is 11.6 Å². The van der Waals surface area contributed by atoms with Gasteiger partial charge in [-0.3, -0.25) is 9.59 Å². The first-order valence-electron chi connectivity index (χ1n) is 9.38. The molecule has 0 radical (unpaired) electrons. The van der Waals surface area contributed by atoms with Crippen LogP contribution in [0.25, 0.3) is 10.9 Å². The van der Waals surface area contributed by atoms with Crippen LogP contribution < -0.4 is 10.2 Å². The SMILES string of the molecule is Cc1ccc2c(c1)c(N1CCCC1=O)c(C(=O)NCc1ccccc1Cl)n2C. The normalized spacial score (nSPS) is 14.1. The molecule has 0 saturated carbocycles. The summed E-state index contributed by atoms with van der Waals surface area (Å²) < 4.78 is 1.87. The van der Waals surface area contributed by atoms with E-state index in [-0.39, 0.29) is 11.8 Å². The Morgan fingerprint density at radius 1 is 1.21 bits per heavy atom. The maximum atomic E-state index is 13.2. The van der Waals surface area contributed by atoms with Crippen molar-refractivity contribution in [3.05, 3.63) is 64.3 Å². The number of carbonyl (C=O) groups excluding carboxylic acids is 2. The van der Waals surface area contributed by atoms with E-state index < -0.39 is 0 Å². The van der Waals surface area contributed by atoms with E-state index in [9.17, 15) is 9.59 Å². The molecule has 0 spiro atoms. The highest BCUT2D eigenvalue weighted by molar-refractivity contribution is 6.31. The van der Waals surface area contributed by atoms with Crippen LogP contribution in [0.15, 0.2) is 42.5 Å². The second-order valence-electron chi connectivity index (χ2n) is 7.20. The zero-order chi connectivity index (χ0) is 19.8. The van der Waals surface area contributed by atoms with Crippen LogP contribution in [0.5, 0.6) is 0 Å². The first-order valence-corrected chi connectivity index (χ1v) is 9.76. The number of fused-ring (bicyclic) bond motifs is 1. The van der Waals surface area contributed by atoms with Gasteiger partial charge in [0.25, 0.3) is 5.91 Å². The van der Waals surface area contributed by atoms with Gasteiger partial charge in [-0.1, -0.05) is 41.4 Å². The van der Waals surface area contributed by atoms with Crippen molar-refractivity contribution in [1.82, 2.24) is 9.88 Å². The fourth-order valence-electron chi connectivity index (χ4n) is 3.86. The number of nitrogens with one attached hydrogen (secondary N) is 1. The van der Waals surface area contributed by atoms with Crippen LogP contribution in [0.2, 0.25) is 5.02 Å². The summed E-state index contributed by atoms with van der Waals surface area (Å²) in [6.45, 7) is 2.97. The number of hydrogen-bond acceptors (Lipinski definition) is 2. The molecule has 3 aromatic rings. The summed E-state index contributed by atoms with van der Waals surface area (Å²) in [5.74, 6) is -0.153. The minimum Gasteiger partial charge on any atom is -0.347 e. The van der Waals surface area contributed by atoms with E-state index in [1.807, 2.05) is 54.9 Å². The summed E-state index contributed by atoms with van der Waals surface area (Å²) >= 11 is 6.21. The molecule has 1 saturated heterocycles. The predicted molar refractivity (Wildman–Crippen MR) is 112 cm³/mol. The minimum atomic E-state index is -0.217. The molecule has 0 unspecified atom stereocenters. The van der Waals surface area contributed by atoms with E-state index in [1.165, 1.54) is 0 Å². The molecule has 144 valence electrons. The van der Waals surface area contributed by atoms with Crippen molar-refractivity contribution in [1.29, 1.82) is 0 Å². The molecule has 0 aliphatic carbocycles. The van der Waals surface area contributed by atoms with Gasteiger partial charge in [0.1, 0.15) is 5.69 Å². The van der Waals surface area contributed by atoms with Gasteiger partial charge in [0.2, 0.25) is 5.91 Å². The third kappa shape index (κ3) is 3.16. The molecular formula is C22H22ClN3O2. The maximum absolute atomic E-state index is 13.2. The Labute approximate surface area is 168 Å². The molecule has 0 bridgehead atoms. The molecule has 1 aliphatic heterocycles. The van der Waals surface area contributed by atoms with E-state index in [4.69, 9.17) is 11.6 Å². The van der Waals surface area contributed by atoms with Crippen molar-refractivity contribution in [3.8, 4) is 0 Å². The molecule has 2 amide bonds. The van der Waals surface area contributed by atoms with E-state index in [2.05, 4.69) is 5.32 Å². The lowest BCUT2D eigenvalue weighted by atomic mass is 10.1. The molecule has 4 rings (SSSR count). The van der Waals surface area contributed by atoms with Gasteiger partial charge >= 0.3 is 0 Å². The van der Waals surface area contributed by atoms with E-state index >= 15 is 0 Å². The van der Waals surface area contributed by atoms with Crippen molar-refractivity contribution in [3.63, 3.8) is 0 Å². The third-order valence-electron chi connectivity index (χ3n) is 5.28. The van der Waals surface area contributed by atoms with Crippen LogP contribution in [0.4, 0.5) is 5.69 Å². The maximum Gasteiger partial charge on any atom is 0.270 e. The molecule has 1 fully saturated rings. The van der Waals surface area contributed by atoms with E-state index in [0.29, 0.717) is 35.9 Å². The Morgan fingerprint density at radius 2 is 2.00 bits per heavy atom. The highest BCUT2D eigenvalue weighted by Crippen LogP contribution is 2.36. The number of hydrogen-bond donors (Lipinski definition) is 1. The summed E-state index contributed by atoms with van der Waals surface area (Å²) in [6.07, 6.45) is 1.32. The zero-order valence-electron chi connectivity index (χ0n) is 16.0. The number of aryl methyl sites for hydroxylation is 2. The monoisotopic (exact) mass is 395 g/mol. The number of amides is 2. The summed E-state index contributed by atoms with van der Waals surface area (Å²) in [4.78, 5) is 27.4. The molecule has 5 nitrogen and oxygen atoms in total. The smallest absolute Gasteiger partial charge is 0.270 e. The van der Waals surface area contributed by atoms with Crippen molar-refractivity contribution in [2.24, 2.45) is 7.05 Å². The third-order valence-corrected chi connectivity index (χ3v) is 5.65. The number of benzene rings is 2. The lowest BCUT2D eigenvalue weighted by molar-refractivity contribution is -0.117. The summed E-state index contributed by atoms with van der Waals surface area (Å²) in [6, 6.07) is 13.5. The van der Waals surface area contributed by atoms with Crippen molar-refractivity contribution < 1.29 is 9.59 Å². The number of carbonyl (C=O) groups is 2. The van der Waals surface area contributed by atoms with Gasteiger partial charge in [0.15, 0.2) is 0 Å². The quantitative estimate of drug-likeness (QED) is 0.719. The molecule has 1 aromatic heterocycles. The Balaban J connectivity index is 1.77. The van der Waals surface area contributed by atoms with Gasteiger partial charge in [-0.2, -0.15) is 0 Å². The Kier molecular flexibility index (Phi) is 4.85. The second-order valence-corrected chi connectivity index (χ2v) is 7.61. The number of anilines is 1. The fourth-order valence-corrected chi connectivity index (χ4v) is 4.06. The summed E-state index contributed by atoms with van der Waals surface area (Å²) in [5.41, 5.74) is 4.09. The average Bonchev–Trinajstić information content (AvgIpc) is 3.21. The summed E-state index contributed by atoms with van der Waals surface area (Å²) in [7, 11) is 1.87. The summed E-state index contributed by atoms with van der Waals surface area (Å²) in [5, 5.41) is 4.52. The van der Waals surface area contributed by atoms with E-state index in [0.717, 1.165) is 28.5 Å². The lowest BCUT2D eigenvalue weighted by Crippen LogP contribution is -2.30. The number of rotatable bonds is 4. The van der Waals surface area contributed by atoms with Gasteiger partial charge in [0, 0.05) is 37.0 Å². The standard InChI is InChI=1S/C22H22ClN3O2/c1-14-9-10-18-16(12-14)20(26-11-5-8-19(26)27)21(25(18)2)22(28)24-13-15-6-3-4-7-17(15)23/h3-4,6-7,9-10,12H,5,8,11,13H2,1-2H3,(H,24,28). The molecule has 2 aromatic carbocycles. The topological polar surface area (TPSA) is 54.3 Å². The number of halogens is 1. The highest BCUT2D eigenvalue weighted by atomic mass is 35.5. The molecule has 6 heteroatoms. The van der Waals surface area contributed by atoms with Crippen molar-refractivity contribution in [2.45, 2.75) is 26.3 Å². The van der Waals surface area contributed by atoms with Gasteiger partial charge in [-0.15, -0.1) is 0 Å². The van der Waals surface area contributed by atoms with Crippen LogP contribution in [-0.4, -0.2) is 22.9 Å². The zero-order valence-corrected chi connectivity index (χ0v) is 16.7. The Hall–Kier alpha value is -2.79. The molecule has 0 atom stereocenters. The largest absolute Gasteiger partial charge is 0.347 e. The Bertz CT molecular complexity index is 1090. The molecule has 2 heterocycles. The molecular weight excluding hydrogens is 374 g/mol. The van der Waals surface area contributed by atoms with Crippen LogP contribution in [0.1, 0.15) is 34.5 Å². The molecule has 28 heavy (non-hydrogen) atoms. The first-order chi connectivity index (χ1) is 13.5. The van der Waals surface area contributed by atoms with Crippen molar-refractivity contribution in [2.75, 3.05) is 11.4 Å².